The first-order valence-corrected chi connectivity index (χ1v) is 5.99. The Bertz CT molecular complexity index is 520. The summed E-state index contributed by atoms with van der Waals surface area (Å²) in [6.07, 6.45) is 2.44. The van der Waals surface area contributed by atoms with Crippen LogP contribution in [0.2, 0.25) is 0 Å². The van der Waals surface area contributed by atoms with Crippen LogP contribution in [-0.2, 0) is 13.0 Å². The standard InChI is InChI=1S/C10H12N4O2S/c1-2-6-3-12-8(16-6)4-13-9(15)7-5-17-10(11)14-7/h3,5H,2,4H2,1H3,(H2,11,14)(H,13,15). The van der Waals surface area contributed by atoms with E-state index in [2.05, 4.69) is 15.3 Å². The van der Waals surface area contributed by atoms with E-state index in [0.717, 1.165) is 12.2 Å². The third kappa shape index (κ3) is 2.82. The number of nitrogen functional groups attached to an aromatic ring is 1. The van der Waals surface area contributed by atoms with E-state index in [1.807, 2.05) is 6.92 Å². The summed E-state index contributed by atoms with van der Waals surface area (Å²) in [5.41, 5.74) is 5.76. The lowest BCUT2D eigenvalue weighted by molar-refractivity contribution is 0.0943. The lowest BCUT2D eigenvalue weighted by Gasteiger charge is -1.98. The number of nitrogens with one attached hydrogen (secondary N) is 1. The molecule has 0 aliphatic heterocycles. The Hall–Kier alpha value is -1.89. The van der Waals surface area contributed by atoms with Gasteiger partial charge in [0.15, 0.2) is 5.13 Å². The first-order valence-electron chi connectivity index (χ1n) is 5.12. The SMILES string of the molecule is CCc1cnc(CNC(=O)c2csc(N)n2)o1. The van der Waals surface area contributed by atoms with Crippen molar-refractivity contribution in [3.05, 3.63) is 28.9 Å². The molecule has 2 aromatic heterocycles. The molecule has 7 heteroatoms. The van der Waals surface area contributed by atoms with Gasteiger partial charge < -0.3 is 15.5 Å². The topological polar surface area (TPSA) is 94.0 Å². The van der Waals surface area contributed by atoms with Gasteiger partial charge in [-0.05, 0) is 0 Å². The second kappa shape index (κ2) is 4.96. The fourth-order valence-corrected chi connectivity index (χ4v) is 1.77. The number of nitrogens with zero attached hydrogens (tertiary/aromatic N) is 2. The van der Waals surface area contributed by atoms with E-state index in [1.54, 1.807) is 11.6 Å². The number of carbonyl (C=O) groups is 1. The van der Waals surface area contributed by atoms with Gasteiger partial charge in [-0.1, -0.05) is 6.92 Å². The average Bonchev–Trinajstić information content (AvgIpc) is 2.94. The number of nitrogens with two attached hydrogens (primary N) is 1. The minimum atomic E-state index is -0.283. The highest BCUT2D eigenvalue weighted by molar-refractivity contribution is 7.13. The van der Waals surface area contributed by atoms with E-state index in [4.69, 9.17) is 10.2 Å². The van der Waals surface area contributed by atoms with Gasteiger partial charge in [0.25, 0.3) is 5.91 Å². The van der Waals surface area contributed by atoms with Gasteiger partial charge in [-0.15, -0.1) is 11.3 Å². The zero-order valence-corrected chi connectivity index (χ0v) is 10.1. The highest BCUT2D eigenvalue weighted by Crippen LogP contribution is 2.11. The van der Waals surface area contributed by atoms with Crippen LogP contribution in [0.1, 0.15) is 29.1 Å². The summed E-state index contributed by atoms with van der Waals surface area (Å²) in [4.78, 5) is 19.5. The Kier molecular flexibility index (Phi) is 3.38. The molecule has 2 rings (SSSR count). The molecule has 0 bridgehead atoms. The summed E-state index contributed by atoms with van der Waals surface area (Å²) >= 11 is 1.23. The van der Waals surface area contributed by atoms with E-state index in [9.17, 15) is 4.79 Å². The van der Waals surface area contributed by atoms with Crippen molar-refractivity contribution in [3.8, 4) is 0 Å². The number of hydrogen-bond donors (Lipinski definition) is 2. The summed E-state index contributed by atoms with van der Waals surface area (Å²) in [6, 6.07) is 0. The van der Waals surface area contributed by atoms with E-state index >= 15 is 0 Å². The molecule has 0 saturated heterocycles. The Labute approximate surface area is 102 Å². The van der Waals surface area contributed by atoms with Gasteiger partial charge >= 0.3 is 0 Å². The van der Waals surface area contributed by atoms with Gasteiger partial charge in [0, 0.05) is 11.8 Å². The first-order chi connectivity index (χ1) is 8.19. The van der Waals surface area contributed by atoms with Gasteiger partial charge in [-0.25, -0.2) is 9.97 Å². The second-order valence-corrected chi connectivity index (χ2v) is 4.22. The van der Waals surface area contributed by atoms with Crippen LogP contribution in [-0.4, -0.2) is 15.9 Å². The van der Waals surface area contributed by atoms with Crippen molar-refractivity contribution in [1.29, 1.82) is 0 Å². The van der Waals surface area contributed by atoms with Crippen molar-refractivity contribution in [2.24, 2.45) is 0 Å². The minimum Gasteiger partial charge on any atom is -0.444 e. The van der Waals surface area contributed by atoms with Crippen molar-refractivity contribution in [2.75, 3.05) is 5.73 Å². The van der Waals surface area contributed by atoms with E-state index in [1.165, 1.54) is 11.3 Å². The number of aryl methyl sites for hydroxylation is 1. The Morgan fingerprint density at radius 1 is 1.65 bits per heavy atom. The van der Waals surface area contributed by atoms with Crippen LogP contribution in [0.4, 0.5) is 5.13 Å². The Balaban J connectivity index is 1.92. The molecule has 17 heavy (non-hydrogen) atoms. The molecule has 0 fully saturated rings. The van der Waals surface area contributed by atoms with E-state index in [-0.39, 0.29) is 12.5 Å². The maximum absolute atomic E-state index is 11.6. The van der Waals surface area contributed by atoms with E-state index in [0.29, 0.717) is 16.7 Å². The zero-order chi connectivity index (χ0) is 12.3. The van der Waals surface area contributed by atoms with Crippen LogP contribution < -0.4 is 11.1 Å². The van der Waals surface area contributed by atoms with Gasteiger partial charge in [0.1, 0.15) is 11.5 Å². The second-order valence-electron chi connectivity index (χ2n) is 3.33. The lowest BCUT2D eigenvalue weighted by Crippen LogP contribution is -2.23. The number of anilines is 1. The van der Waals surface area contributed by atoms with Crippen LogP contribution in [0, 0.1) is 0 Å². The predicted octanol–water partition coefficient (Wildman–Crippen LogP) is 1.21. The highest BCUT2D eigenvalue weighted by Gasteiger charge is 2.10. The molecule has 2 heterocycles. The van der Waals surface area contributed by atoms with Gasteiger partial charge in [0.05, 0.1) is 12.7 Å². The molecule has 90 valence electrons. The molecule has 0 atom stereocenters. The molecule has 0 aliphatic carbocycles. The average molecular weight is 252 g/mol. The van der Waals surface area contributed by atoms with Crippen molar-refractivity contribution >= 4 is 22.4 Å². The summed E-state index contributed by atoms with van der Waals surface area (Å²) in [5.74, 6) is 1.000. The summed E-state index contributed by atoms with van der Waals surface area (Å²) < 4.78 is 5.36. The molecule has 0 aromatic carbocycles. The molecule has 0 aliphatic rings. The monoisotopic (exact) mass is 252 g/mol. The first kappa shape index (κ1) is 11.6. The molecule has 1 amide bonds. The molecule has 0 radical (unpaired) electrons. The van der Waals surface area contributed by atoms with Crippen molar-refractivity contribution < 1.29 is 9.21 Å². The maximum atomic E-state index is 11.6. The van der Waals surface area contributed by atoms with Crippen LogP contribution in [0.5, 0.6) is 0 Å². The predicted molar refractivity (Wildman–Crippen MR) is 63.6 cm³/mol. The van der Waals surface area contributed by atoms with E-state index < -0.39 is 0 Å². The Morgan fingerprint density at radius 3 is 3.06 bits per heavy atom. The maximum Gasteiger partial charge on any atom is 0.271 e. The quantitative estimate of drug-likeness (QED) is 0.852. The summed E-state index contributed by atoms with van der Waals surface area (Å²) in [7, 11) is 0. The molecule has 0 saturated carbocycles. The molecule has 2 aromatic rings. The number of carbonyl (C=O) groups excluding carboxylic acids is 1. The number of hydrogen-bond acceptors (Lipinski definition) is 6. The highest BCUT2D eigenvalue weighted by atomic mass is 32.1. The fraction of sp³-hybridized carbons (Fsp3) is 0.300. The van der Waals surface area contributed by atoms with Crippen LogP contribution >= 0.6 is 11.3 Å². The van der Waals surface area contributed by atoms with Crippen LogP contribution in [0.25, 0.3) is 0 Å². The van der Waals surface area contributed by atoms with Crippen molar-refractivity contribution in [2.45, 2.75) is 19.9 Å². The van der Waals surface area contributed by atoms with Gasteiger partial charge in [0.2, 0.25) is 5.89 Å². The number of thiazole rings is 1. The zero-order valence-electron chi connectivity index (χ0n) is 9.27. The third-order valence-corrected chi connectivity index (χ3v) is 2.78. The number of aromatic nitrogens is 2. The minimum absolute atomic E-state index is 0.246. The third-order valence-electron chi connectivity index (χ3n) is 2.10. The molecular weight excluding hydrogens is 240 g/mol. The van der Waals surface area contributed by atoms with Crippen molar-refractivity contribution in [3.63, 3.8) is 0 Å². The molecule has 0 unspecified atom stereocenters. The number of rotatable bonds is 4. The summed E-state index contributed by atoms with van der Waals surface area (Å²) in [6.45, 7) is 2.22. The smallest absolute Gasteiger partial charge is 0.271 e. The molecule has 0 spiro atoms. The van der Waals surface area contributed by atoms with Crippen molar-refractivity contribution in [1.82, 2.24) is 15.3 Å². The lowest BCUT2D eigenvalue weighted by atomic mass is 10.4. The molecule has 3 N–H and O–H groups in total. The van der Waals surface area contributed by atoms with Gasteiger partial charge in [-0.3, -0.25) is 4.79 Å². The Morgan fingerprint density at radius 2 is 2.47 bits per heavy atom. The molecule has 6 nitrogen and oxygen atoms in total. The van der Waals surface area contributed by atoms with Gasteiger partial charge in [-0.2, -0.15) is 0 Å². The summed E-state index contributed by atoms with van der Waals surface area (Å²) in [5, 5.41) is 4.64. The normalized spacial score (nSPS) is 10.4. The van der Waals surface area contributed by atoms with Crippen LogP contribution in [0.15, 0.2) is 16.0 Å². The number of amides is 1. The fourth-order valence-electron chi connectivity index (χ4n) is 1.23. The molecular formula is C10H12N4O2S. The van der Waals surface area contributed by atoms with Crippen LogP contribution in [0.3, 0.4) is 0 Å². The largest absolute Gasteiger partial charge is 0.444 e. The number of oxazole rings is 1.